The standard InChI is InChI=1S/C17H25BrN2/c1-12-10-13(5-8-16(12)18)17-14(11-19)4-2-3-9-20(17)15-6-7-15/h5,8,10,14-15,17H,2-4,6-7,9,11,19H2,1H3. The predicted molar refractivity (Wildman–Crippen MR) is 87.7 cm³/mol. The molecule has 2 nitrogen and oxygen atoms in total. The van der Waals surface area contributed by atoms with E-state index in [2.05, 4.69) is 46.0 Å². The average molecular weight is 337 g/mol. The second-order valence-corrected chi connectivity index (χ2v) is 7.27. The van der Waals surface area contributed by atoms with Gasteiger partial charge in [-0.1, -0.05) is 34.5 Å². The first-order valence-electron chi connectivity index (χ1n) is 7.92. The highest BCUT2D eigenvalue weighted by Crippen LogP contribution is 2.42. The van der Waals surface area contributed by atoms with Crippen LogP contribution in [0.3, 0.4) is 0 Å². The maximum atomic E-state index is 6.12. The van der Waals surface area contributed by atoms with E-state index in [0.29, 0.717) is 12.0 Å². The molecule has 2 atom stereocenters. The van der Waals surface area contributed by atoms with E-state index in [-0.39, 0.29) is 0 Å². The molecule has 1 heterocycles. The van der Waals surface area contributed by atoms with E-state index in [9.17, 15) is 0 Å². The van der Waals surface area contributed by atoms with Crippen molar-refractivity contribution in [3.8, 4) is 0 Å². The number of likely N-dealkylation sites (tertiary alicyclic amines) is 1. The monoisotopic (exact) mass is 336 g/mol. The lowest BCUT2D eigenvalue weighted by Crippen LogP contribution is -2.37. The number of hydrogen-bond donors (Lipinski definition) is 1. The molecule has 0 radical (unpaired) electrons. The van der Waals surface area contributed by atoms with E-state index in [0.717, 1.165) is 12.6 Å². The van der Waals surface area contributed by atoms with Crippen molar-refractivity contribution in [2.24, 2.45) is 11.7 Å². The molecular weight excluding hydrogens is 312 g/mol. The molecule has 1 aromatic rings. The summed E-state index contributed by atoms with van der Waals surface area (Å²) in [5, 5.41) is 0. The van der Waals surface area contributed by atoms with Crippen molar-refractivity contribution < 1.29 is 0 Å². The van der Waals surface area contributed by atoms with Crippen LogP contribution >= 0.6 is 15.9 Å². The Labute approximate surface area is 130 Å². The van der Waals surface area contributed by atoms with Crippen LogP contribution in [0.2, 0.25) is 0 Å². The first-order chi connectivity index (χ1) is 9.70. The number of rotatable bonds is 3. The van der Waals surface area contributed by atoms with Crippen molar-refractivity contribution in [2.45, 2.75) is 51.1 Å². The molecule has 1 saturated carbocycles. The second-order valence-electron chi connectivity index (χ2n) is 6.41. The maximum Gasteiger partial charge on any atom is 0.0391 e. The lowest BCUT2D eigenvalue weighted by atomic mass is 9.88. The third-order valence-electron chi connectivity index (χ3n) is 4.89. The van der Waals surface area contributed by atoms with Crippen LogP contribution in [0.25, 0.3) is 0 Å². The van der Waals surface area contributed by atoms with Crippen molar-refractivity contribution in [3.63, 3.8) is 0 Å². The zero-order valence-electron chi connectivity index (χ0n) is 12.3. The third kappa shape index (κ3) is 2.95. The molecule has 0 amide bonds. The van der Waals surface area contributed by atoms with E-state index < -0.39 is 0 Å². The summed E-state index contributed by atoms with van der Waals surface area (Å²) in [5.74, 6) is 0.610. The van der Waals surface area contributed by atoms with Crippen LogP contribution in [0, 0.1) is 12.8 Å². The van der Waals surface area contributed by atoms with Crippen molar-refractivity contribution in [1.82, 2.24) is 4.90 Å². The number of nitrogens with two attached hydrogens (primary N) is 1. The summed E-state index contributed by atoms with van der Waals surface area (Å²) in [4.78, 5) is 2.76. The molecule has 1 aromatic carbocycles. The SMILES string of the molecule is Cc1cc(C2C(CN)CCCCN2C2CC2)ccc1Br. The van der Waals surface area contributed by atoms with Gasteiger partial charge < -0.3 is 5.73 Å². The van der Waals surface area contributed by atoms with Crippen LogP contribution in [-0.4, -0.2) is 24.0 Å². The minimum Gasteiger partial charge on any atom is -0.330 e. The Morgan fingerprint density at radius 3 is 2.70 bits per heavy atom. The summed E-state index contributed by atoms with van der Waals surface area (Å²) >= 11 is 3.62. The molecule has 1 saturated heterocycles. The molecule has 2 aliphatic rings. The molecule has 0 spiro atoms. The van der Waals surface area contributed by atoms with Crippen LogP contribution in [0.4, 0.5) is 0 Å². The van der Waals surface area contributed by atoms with Crippen LogP contribution < -0.4 is 5.73 Å². The van der Waals surface area contributed by atoms with Gasteiger partial charge in [0.15, 0.2) is 0 Å². The van der Waals surface area contributed by atoms with Gasteiger partial charge in [-0.2, -0.15) is 0 Å². The van der Waals surface area contributed by atoms with E-state index in [1.54, 1.807) is 0 Å². The van der Waals surface area contributed by atoms with Crippen molar-refractivity contribution in [3.05, 3.63) is 33.8 Å². The van der Waals surface area contributed by atoms with Crippen LogP contribution in [0.5, 0.6) is 0 Å². The van der Waals surface area contributed by atoms with Crippen molar-refractivity contribution in [1.29, 1.82) is 0 Å². The van der Waals surface area contributed by atoms with Gasteiger partial charge in [0.25, 0.3) is 0 Å². The molecule has 1 aliphatic heterocycles. The Kier molecular flexibility index (Phi) is 4.49. The highest BCUT2D eigenvalue weighted by atomic mass is 79.9. The predicted octanol–water partition coefficient (Wildman–Crippen LogP) is 4.02. The van der Waals surface area contributed by atoms with Crippen LogP contribution in [-0.2, 0) is 0 Å². The minimum atomic E-state index is 0.529. The van der Waals surface area contributed by atoms with Crippen molar-refractivity contribution >= 4 is 15.9 Å². The first-order valence-corrected chi connectivity index (χ1v) is 8.72. The smallest absolute Gasteiger partial charge is 0.0391 e. The lowest BCUT2D eigenvalue weighted by Gasteiger charge is -2.35. The zero-order chi connectivity index (χ0) is 14.1. The minimum absolute atomic E-state index is 0.529. The number of nitrogens with zero attached hydrogens (tertiary/aromatic N) is 1. The molecule has 3 rings (SSSR count). The molecule has 2 fully saturated rings. The molecule has 3 heteroatoms. The van der Waals surface area contributed by atoms with Gasteiger partial charge in [-0.15, -0.1) is 0 Å². The maximum absolute atomic E-state index is 6.12. The fourth-order valence-corrected chi connectivity index (χ4v) is 3.89. The summed E-state index contributed by atoms with van der Waals surface area (Å²) in [5.41, 5.74) is 8.91. The summed E-state index contributed by atoms with van der Waals surface area (Å²) in [7, 11) is 0. The molecule has 110 valence electrons. The highest BCUT2D eigenvalue weighted by Gasteiger charge is 2.38. The van der Waals surface area contributed by atoms with E-state index in [4.69, 9.17) is 5.73 Å². The Hall–Kier alpha value is -0.380. The zero-order valence-corrected chi connectivity index (χ0v) is 13.9. The number of hydrogen-bond acceptors (Lipinski definition) is 2. The summed E-state index contributed by atoms with van der Waals surface area (Å²) in [6, 6.07) is 8.20. The third-order valence-corrected chi connectivity index (χ3v) is 5.78. The number of benzene rings is 1. The Morgan fingerprint density at radius 2 is 2.05 bits per heavy atom. The summed E-state index contributed by atoms with van der Waals surface area (Å²) < 4.78 is 1.21. The lowest BCUT2D eigenvalue weighted by molar-refractivity contribution is 0.149. The normalized spacial score (nSPS) is 28.4. The topological polar surface area (TPSA) is 29.3 Å². The van der Waals surface area contributed by atoms with Gasteiger partial charge >= 0.3 is 0 Å². The van der Waals surface area contributed by atoms with Gasteiger partial charge in [0, 0.05) is 16.6 Å². The van der Waals surface area contributed by atoms with Gasteiger partial charge in [-0.25, -0.2) is 0 Å². The van der Waals surface area contributed by atoms with Gasteiger partial charge in [0.2, 0.25) is 0 Å². The largest absolute Gasteiger partial charge is 0.330 e. The van der Waals surface area contributed by atoms with Crippen LogP contribution in [0.15, 0.2) is 22.7 Å². The first kappa shape index (κ1) is 14.6. The highest BCUT2D eigenvalue weighted by molar-refractivity contribution is 9.10. The molecule has 0 aromatic heterocycles. The van der Waals surface area contributed by atoms with Crippen molar-refractivity contribution in [2.75, 3.05) is 13.1 Å². The molecule has 0 bridgehead atoms. The summed E-state index contributed by atoms with van der Waals surface area (Å²) in [6.07, 6.45) is 6.70. The number of halogens is 1. The van der Waals surface area contributed by atoms with Gasteiger partial charge in [-0.3, -0.25) is 4.90 Å². The molecule has 1 aliphatic carbocycles. The summed E-state index contributed by atoms with van der Waals surface area (Å²) in [6.45, 7) is 4.24. The molecular formula is C17H25BrN2. The molecule has 20 heavy (non-hydrogen) atoms. The van der Waals surface area contributed by atoms with E-state index >= 15 is 0 Å². The quantitative estimate of drug-likeness (QED) is 0.903. The molecule has 2 N–H and O–H groups in total. The Balaban J connectivity index is 1.95. The fourth-order valence-electron chi connectivity index (χ4n) is 3.65. The van der Waals surface area contributed by atoms with Gasteiger partial charge in [0.1, 0.15) is 0 Å². The van der Waals surface area contributed by atoms with E-state index in [1.807, 2.05) is 0 Å². The Bertz CT molecular complexity index is 470. The Morgan fingerprint density at radius 1 is 1.25 bits per heavy atom. The van der Waals surface area contributed by atoms with Gasteiger partial charge in [-0.05, 0) is 68.8 Å². The average Bonchev–Trinajstić information content (AvgIpc) is 3.26. The van der Waals surface area contributed by atoms with Crippen LogP contribution in [0.1, 0.15) is 49.3 Å². The second kappa shape index (κ2) is 6.17. The van der Waals surface area contributed by atoms with Gasteiger partial charge in [0.05, 0.1) is 0 Å². The molecule has 2 unspecified atom stereocenters. The fraction of sp³-hybridized carbons (Fsp3) is 0.647. The number of aryl methyl sites for hydroxylation is 1. The van der Waals surface area contributed by atoms with E-state index in [1.165, 1.54) is 54.2 Å².